The number of benzene rings is 1. The van der Waals surface area contributed by atoms with Gasteiger partial charge in [-0.1, -0.05) is 0 Å². The molecule has 1 aromatic carbocycles. The Kier molecular flexibility index (Phi) is 4.15. The molecule has 0 aliphatic carbocycles. The third-order valence-electron chi connectivity index (χ3n) is 2.45. The van der Waals surface area contributed by atoms with Crippen LogP contribution in [0.4, 0.5) is 0 Å². The molecule has 0 bridgehead atoms. The van der Waals surface area contributed by atoms with E-state index in [9.17, 15) is 0 Å². The monoisotopic (exact) mass is 220 g/mol. The molecule has 1 rings (SSSR count). The van der Waals surface area contributed by atoms with Gasteiger partial charge in [-0.3, -0.25) is 0 Å². The number of ether oxygens (including phenoxy) is 2. The smallest absolute Gasteiger partial charge is 0.126 e. The summed E-state index contributed by atoms with van der Waals surface area (Å²) in [4.78, 5) is 0. The molecule has 0 aliphatic heterocycles. The summed E-state index contributed by atoms with van der Waals surface area (Å²) >= 11 is 0. The van der Waals surface area contributed by atoms with Crippen LogP contribution in [0.1, 0.15) is 11.1 Å². The van der Waals surface area contributed by atoms with Crippen LogP contribution < -0.4 is 15.2 Å². The number of methoxy groups -OCH3 is 2. The molecule has 2 N–H and O–H groups in total. The van der Waals surface area contributed by atoms with Crippen molar-refractivity contribution in [3.05, 3.63) is 23.3 Å². The summed E-state index contributed by atoms with van der Waals surface area (Å²) in [5, 5.41) is 8.71. The minimum Gasteiger partial charge on any atom is -0.497 e. The number of nitriles is 1. The number of rotatable bonds is 4. The predicted octanol–water partition coefficient (Wildman–Crippen LogP) is 1.41. The quantitative estimate of drug-likeness (QED) is 0.832. The summed E-state index contributed by atoms with van der Waals surface area (Å²) in [7, 11) is 3.20. The molecule has 0 spiro atoms. The zero-order valence-corrected chi connectivity index (χ0v) is 9.78. The summed E-state index contributed by atoms with van der Waals surface area (Å²) in [5.74, 6) is 1.45. The van der Waals surface area contributed by atoms with Crippen molar-refractivity contribution in [3.8, 4) is 17.6 Å². The van der Waals surface area contributed by atoms with Gasteiger partial charge in [0.1, 0.15) is 11.5 Å². The standard InChI is InChI=1S/C12H16N2O2/c1-8-4-10(15-2)6-12(16-3)11(8)5-9(14)7-13/h4,6,9H,5,14H2,1-3H3. The first kappa shape index (κ1) is 12.3. The second-order valence-corrected chi connectivity index (χ2v) is 3.56. The molecule has 0 radical (unpaired) electrons. The normalized spacial score (nSPS) is 11.7. The first-order chi connectivity index (χ1) is 7.62. The van der Waals surface area contributed by atoms with Crippen LogP contribution in [0.25, 0.3) is 0 Å². The van der Waals surface area contributed by atoms with Crippen molar-refractivity contribution in [2.24, 2.45) is 5.73 Å². The molecular formula is C12H16N2O2. The van der Waals surface area contributed by atoms with Crippen LogP contribution in [-0.2, 0) is 6.42 Å². The highest BCUT2D eigenvalue weighted by molar-refractivity contribution is 5.46. The largest absolute Gasteiger partial charge is 0.497 e. The van der Waals surface area contributed by atoms with Crippen molar-refractivity contribution in [1.29, 1.82) is 5.26 Å². The zero-order chi connectivity index (χ0) is 12.1. The molecule has 0 saturated heterocycles. The summed E-state index contributed by atoms with van der Waals surface area (Å²) < 4.78 is 10.4. The van der Waals surface area contributed by atoms with Crippen LogP contribution in [-0.4, -0.2) is 20.3 Å². The molecule has 0 fully saturated rings. The summed E-state index contributed by atoms with van der Waals surface area (Å²) in [6.45, 7) is 1.95. The van der Waals surface area contributed by atoms with E-state index in [0.717, 1.165) is 16.9 Å². The first-order valence-corrected chi connectivity index (χ1v) is 4.99. The third-order valence-corrected chi connectivity index (χ3v) is 2.45. The van der Waals surface area contributed by atoms with Crippen LogP contribution in [0.2, 0.25) is 0 Å². The fraction of sp³-hybridized carbons (Fsp3) is 0.417. The van der Waals surface area contributed by atoms with E-state index in [1.165, 1.54) is 0 Å². The van der Waals surface area contributed by atoms with E-state index in [-0.39, 0.29) is 0 Å². The van der Waals surface area contributed by atoms with Gasteiger partial charge in [0.2, 0.25) is 0 Å². The van der Waals surface area contributed by atoms with Crippen LogP contribution in [0.15, 0.2) is 12.1 Å². The Balaban J connectivity index is 3.12. The Morgan fingerprint density at radius 1 is 1.38 bits per heavy atom. The van der Waals surface area contributed by atoms with Crippen molar-refractivity contribution < 1.29 is 9.47 Å². The summed E-state index contributed by atoms with van der Waals surface area (Å²) in [6, 6.07) is 5.20. The van der Waals surface area contributed by atoms with Crippen molar-refractivity contribution in [2.75, 3.05) is 14.2 Å². The second-order valence-electron chi connectivity index (χ2n) is 3.56. The molecular weight excluding hydrogens is 204 g/mol. The number of hydrogen-bond acceptors (Lipinski definition) is 4. The maximum absolute atomic E-state index is 8.71. The lowest BCUT2D eigenvalue weighted by Gasteiger charge is -2.14. The van der Waals surface area contributed by atoms with Crippen molar-refractivity contribution in [3.63, 3.8) is 0 Å². The number of nitrogens with two attached hydrogens (primary N) is 1. The molecule has 4 heteroatoms. The fourth-order valence-electron chi connectivity index (χ4n) is 1.58. The van der Waals surface area contributed by atoms with Crippen molar-refractivity contribution in [1.82, 2.24) is 0 Å². The van der Waals surface area contributed by atoms with E-state index in [4.69, 9.17) is 20.5 Å². The molecule has 0 heterocycles. The van der Waals surface area contributed by atoms with Gasteiger partial charge in [0.25, 0.3) is 0 Å². The predicted molar refractivity (Wildman–Crippen MR) is 61.6 cm³/mol. The molecule has 0 aromatic heterocycles. The highest BCUT2D eigenvalue weighted by atomic mass is 16.5. The van der Waals surface area contributed by atoms with Crippen LogP contribution in [0.3, 0.4) is 0 Å². The van der Waals surface area contributed by atoms with E-state index in [2.05, 4.69) is 0 Å². The Morgan fingerprint density at radius 2 is 2.06 bits per heavy atom. The minimum atomic E-state index is -0.513. The Morgan fingerprint density at radius 3 is 2.56 bits per heavy atom. The van der Waals surface area contributed by atoms with Gasteiger partial charge in [-0.15, -0.1) is 0 Å². The zero-order valence-electron chi connectivity index (χ0n) is 9.78. The molecule has 1 aromatic rings. The lowest BCUT2D eigenvalue weighted by Crippen LogP contribution is -2.21. The first-order valence-electron chi connectivity index (χ1n) is 4.99. The Bertz CT molecular complexity index is 410. The van der Waals surface area contributed by atoms with E-state index < -0.39 is 6.04 Å². The van der Waals surface area contributed by atoms with E-state index in [1.807, 2.05) is 19.1 Å². The molecule has 1 atom stereocenters. The van der Waals surface area contributed by atoms with Crippen molar-refractivity contribution >= 4 is 0 Å². The van der Waals surface area contributed by atoms with Gasteiger partial charge in [0, 0.05) is 12.5 Å². The third kappa shape index (κ3) is 2.65. The number of nitrogens with zero attached hydrogens (tertiary/aromatic N) is 1. The van der Waals surface area contributed by atoms with E-state index in [1.54, 1.807) is 20.3 Å². The fourth-order valence-corrected chi connectivity index (χ4v) is 1.58. The van der Waals surface area contributed by atoms with Gasteiger partial charge in [-0.25, -0.2) is 0 Å². The van der Waals surface area contributed by atoms with Gasteiger partial charge >= 0.3 is 0 Å². The lowest BCUT2D eigenvalue weighted by atomic mass is 10.0. The number of hydrogen-bond donors (Lipinski definition) is 1. The molecule has 0 aliphatic rings. The van der Waals surface area contributed by atoms with Gasteiger partial charge in [-0.2, -0.15) is 5.26 Å². The highest BCUT2D eigenvalue weighted by Gasteiger charge is 2.12. The van der Waals surface area contributed by atoms with Gasteiger partial charge < -0.3 is 15.2 Å². The molecule has 4 nitrogen and oxygen atoms in total. The average molecular weight is 220 g/mol. The Labute approximate surface area is 95.6 Å². The molecule has 0 amide bonds. The van der Waals surface area contributed by atoms with Crippen LogP contribution >= 0.6 is 0 Å². The molecule has 16 heavy (non-hydrogen) atoms. The molecule has 1 unspecified atom stereocenters. The molecule has 0 saturated carbocycles. The second kappa shape index (κ2) is 5.38. The van der Waals surface area contributed by atoms with Gasteiger partial charge in [0.15, 0.2) is 0 Å². The summed E-state index contributed by atoms with van der Waals surface area (Å²) in [6.07, 6.45) is 0.482. The number of aryl methyl sites for hydroxylation is 1. The van der Waals surface area contributed by atoms with Gasteiger partial charge in [-0.05, 0) is 24.1 Å². The van der Waals surface area contributed by atoms with E-state index in [0.29, 0.717) is 12.2 Å². The van der Waals surface area contributed by atoms with Crippen LogP contribution in [0, 0.1) is 18.3 Å². The maximum atomic E-state index is 8.71. The maximum Gasteiger partial charge on any atom is 0.126 e. The van der Waals surface area contributed by atoms with Crippen LogP contribution in [0.5, 0.6) is 11.5 Å². The van der Waals surface area contributed by atoms with Crippen molar-refractivity contribution in [2.45, 2.75) is 19.4 Å². The SMILES string of the molecule is COc1cc(C)c(CC(N)C#N)c(OC)c1. The minimum absolute atomic E-state index is 0.482. The Hall–Kier alpha value is -1.73. The van der Waals surface area contributed by atoms with Gasteiger partial charge in [0.05, 0.1) is 26.3 Å². The average Bonchev–Trinajstić information content (AvgIpc) is 2.30. The summed E-state index contributed by atoms with van der Waals surface area (Å²) in [5.41, 5.74) is 7.59. The lowest BCUT2D eigenvalue weighted by molar-refractivity contribution is 0.390. The van der Waals surface area contributed by atoms with E-state index >= 15 is 0 Å². The highest BCUT2D eigenvalue weighted by Crippen LogP contribution is 2.29. The molecule has 86 valence electrons. The topological polar surface area (TPSA) is 68.3 Å².